The minimum Gasteiger partial charge on any atom is -0.488 e. The van der Waals surface area contributed by atoms with E-state index in [9.17, 15) is 4.79 Å². The summed E-state index contributed by atoms with van der Waals surface area (Å²) in [5.74, 6) is -0.583. The van der Waals surface area contributed by atoms with Gasteiger partial charge in [-0.05, 0) is 6.92 Å². The van der Waals surface area contributed by atoms with Crippen LogP contribution in [0.5, 0.6) is 5.88 Å². The molecule has 0 aliphatic heterocycles. The predicted molar refractivity (Wildman–Crippen MR) is 32.5 cm³/mol. The summed E-state index contributed by atoms with van der Waals surface area (Å²) in [4.78, 5) is 13.6. The van der Waals surface area contributed by atoms with Crippen molar-refractivity contribution in [2.45, 2.75) is 13.5 Å². The highest BCUT2D eigenvalue weighted by Crippen LogP contribution is 1.86. The van der Waals surface area contributed by atoms with Gasteiger partial charge in [-0.25, -0.2) is 4.68 Å². The van der Waals surface area contributed by atoms with Gasteiger partial charge in [-0.15, -0.1) is 5.10 Å². The molecule has 0 bridgehead atoms. The first-order chi connectivity index (χ1) is 4.74. The molecule has 1 aromatic heterocycles. The van der Waals surface area contributed by atoms with Crippen molar-refractivity contribution >= 4 is 0 Å². The quantitative estimate of drug-likeness (QED) is 0.552. The van der Waals surface area contributed by atoms with E-state index < -0.39 is 11.4 Å². The van der Waals surface area contributed by atoms with Crippen molar-refractivity contribution in [2.24, 2.45) is 0 Å². The van der Waals surface area contributed by atoms with Gasteiger partial charge in [0.2, 0.25) is 0 Å². The van der Waals surface area contributed by atoms with E-state index in [-0.39, 0.29) is 0 Å². The lowest BCUT2D eigenvalue weighted by Crippen LogP contribution is -2.13. The third-order valence-corrected chi connectivity index (χ3v) is 0.973. The second-order valence-electron chi connectivity index (χ2n) is 1.66. The van der Waals surface area contributed by atoms with Crippen molar-refractivity contribution in [3.05, 3.63) is 16.7 Å². The van der Waals surface area contributed by atoms with E-state index in [2.05, 4.69) is 16.4 Å². The first-order valence-corrected chi connectivity index (χ1v) is 2.80. The van der Waals surface area contributed by atoms with Crippen molar-refractivity contribution in [3.8, 4) is 5.88 Å². The molecule has 0 aliphatic rings. The molecule has 1 aromatic rings. The van der Waals surface area contributed by atoms with Crippen LogP contribution in [-0.2, 0) is 6.54 Å². The van der Waals surface area contributed by atoms with Crippen molar-refractivity contribution in [1.29, 1.82) is 0 Å². The fraction of sp³-hybridized carbons (Fsp3) is 0.400. The maximum Gasteiger partial charge on any atom is 0.335 e. The summed E-state index contributed by atoms with van der Waals surface area (Å²) in [5.41, 5.74) is -0.746. The molecule has 1 N–H and O–H groups in total. The maximum absolute atomic E-state index is 10.4. The number of hydrogen-bond acceptors (Lipinski definition) is 4. The van der Waals surface area contributed by atoms with Crippen LogP contribution in [0.1, 0.15) is 6.92 Å². The highest BCUT2D eigenvalue weighted by molar-refractivity contribution is 4.95. The molecule has 53 valence electrons. The lowest BCUT2D eigenvalue weighted by atomic mass is 10.7. The second-order valence-corrected chi connectivity index (χ2v) is 1.66. The molecule has 1 rings (SSSR count). The van der Waals surface area contributed by atoms with Crippen molar-refractivity contribution < 1.29 is 5.11 Å². The Hall–Kier alpha value is -1.39. The number of nitrogens with zero attached hydrogens (tertiary/aromatic N) is 3. The molecule has 10 heavy (non-hydrogen) atoms. The maximum atomic E-state index is 10.4. The fourth-order valence-electron chi connectivity index (χ4n) is 0.474. The van der Waals surface area contributed by atoms with Crippen LogP contribution in [0, 0.1) is 6.33 Å². The minimum absolute atomic E-state index is 0.529. The van der Waals surface area contributed by atoms with E-state index in [1.807, 2.05) is 0 Å². The SMILES string of the molecule is CCn1[c]nc(=O)c(O)n1. The van der Waals surface area contributed by atoms with Gasteiger partial charge in [-0.2, -0.15) is 4.98 Å². The topological polar surface area (TPSA) is 68.0 Å². The van der Waals surface area contributed by atoms with Gasteiger partial charge in [-0.3, -0.25) is 4.79 Å². The molecule has 0 atom stereocenters. The molecule has 1 radical (unpaired) electrons. The second kappa shape index (κ2) is 2.47. The summed E-state index contributed by atoms with van der Waals surface area (Å²) in [6.07, 6.45) is 2.31. The largest absolute Gasteiger partial charge is 0.488 e. The van der Waals surface area contributed by atoms with E-state index in [0.717, 1.165) is 0 Å². The van der Waals surface area contributed by atoms with Crippen LogP contribution in [-0.4, -0.2) is 19.9 Å². The molecule has 0 aromatic carbocycles. The number of aromatic hydroxyl groups is 1. The first kappa shape index (κ1) is 6.73. The molecule has 0 spiro atoms. The predicted octanol–water partition coefficient (Wildman–Crippen LogP) is -0.836. The van der Waals surface area contributed by atoms with Crippen LogP contribution in [0.25, 0.3) is 0 Å². The fourth-order valence-corrected chi connectivity index (χ4v) is 0.474. The molecule has 0 amide bonds. The molecule has 5 nitrogen and oxygen atoms in total. The average molecular weight is 140 g/mol. The average Bonchev–Trinajstić information content (AvgIpc) is 1.95. The highest BCUT2D eigenvalue weighted by Gasteiger charge is 1.97. The van der Waals surface area contributed by atoms with E-state index in [4.69, 9.17) is 5.11 Å². The van der Waals surface area contributed by atoms with Gasteiger partial charge < -0.3 is 5.11 Å². The van der Waals surface area contributed by atoms with Crippen LogP contribution < -0.4 is 5.56 Å². The molecule has 1 heterocycles. The summed E-state index contributed by atoms with van der Waals surface area (Å²) < 4.78 is 1.25. The monoisotopic (exact) mass is 140 g/mol. The Morgan fingerprint density at radius 3 is 3.00 bits per heavy atom. The lowest BCUT2D eigenvalue weighted by Gasteiger charge is -1.95. The molecule has 0 unspecified atom stereocenters. The van der Waals surface area contributed by atoms with Crippen LogP contribution in [0.2, 0.25) is 0 Å². The normalized spacial score (nSPS) is 9.70. The van der Waals surface area contributed by atoms with Crippen LogP contribution in [0.4, 0.5) is 0 Å². The number of aromatic nitrogens is 3. The van der Waals surface area contributed by atoms with Gasteiger partial charge in [0.25, 0.3) is 5.88 Å². The number of aryl methyl sites for hydroxylation is 1. The summed E-state index contributed by atoms with van der Waals surface area (Å²) in [6.45, 7) is 2.33. The zero-order chi connectivity index (χ0) is 7.56. The standard InChI is InChI=1S/C5H6N3O2/c1-2-8-3-6-4(9)5(10)7-8/h2H2,1H3,(H,7,10). The van der Waals surface area contributed by atoms with Crippen molar-refractivity contribution in [1.82, 2.24) is 14.8 Å². The Morgan fingerprint density at radius 1 is 1.80 bits per heavy atom. The molecule has 0 aliphatic carbocycles. The van der Waals surface area contributed by atoms with E-state index in [1.54, 1.807) is 6.92 Å². The van der Waals surface area contributed by atoms with Crippen molar-refractivity contribution in [3.63, 3.8) is 0 Å². The summed E-state index contributed by atoms with van der Waals surface area (Å²) in [5, 5.41) is 12.1. The molecular weight excluding hydrogens is 134 g/mol. The molecular formula is C5H6N3O2. The van der Waals surface area contributed by atoms with Crippen LogP contribution in [0.3, 0.4) is 0 Å². The van der Waals surface area contributed by atoms with Gasteiger partial charge in [0.1, 0.15) is 0 Å². The Labute approximate surface area is 57.0 Å². The van der Waals surface area contributed by atoms with E-state index >= 15 is 0 Å². The Bertz CT molecular complexity index is 280. The summed E-state index contributed by atoms with van der Waals surface area (Å²) in [6, 6.07) is 0. The highest BCUT2D eigenvalue weighted by atomic mass is 16.3. The zero-order valence-corrected chi connectivity index (χ0v) is 5.40. The first-order valence-electron chi connectivity index (χ1n) is 2.80. The van der Waals surface area contributed by atoms with Crippen LogP contribution in [0.15, 0.2) is 4.79 Å². The molecule has 5 heteroatoms. The van der Waals surface area contributed by atoms with Gasteiger partial charge >= 0.3 is 5.56 Å². The zero-order valence-electron chi connectivity index (χ0n) is 5.40. The number of hydrogen-bond donors (Lipinski definition) is 1. The summed E-state index contributed by atoms with van der Waals surface area (Å²) >= 11 is 0. The minimum atomic E-state index is -0.746. The molecule has 0 saturated heterocycles. The van der Waals surface area contributed by atoms with Crippen molar-refractivity contribution in [2.75, 3.05) is 0 Å². The van der Waals surface area contributed by atoms with Crippen LogP contribution >= 0.6 is 0 Å². The van der Waals surface area contributed by atoms with Gasteiger partial charge in [0.15, 0.2) is 6.33 Å². The Morgan fingerprint density at radius 2 is 2.50 bits per heavy atom. The summed E-state index contributed by atoms with van der Waals surface area (Å²) in [7, 11) is 0. The van der Waals surface area contributed by atoms with E-state index in [0.29, 0.717) is 6.54 Å². The van der Waals surface area contributed by atoms with Gasteiger partial charge in [0.05, 0.1) is 0 Å². The Kier molecular flexibility index (Phi) is 1.66. The van der Waals surface area contributed by atoms with Gasteiger partial charge in [-0.1, -0.05) is 0 Å². The molecule has 0 fully saturated rings. The lowest BCUT2D eigenvalue weighted by molar-refractivity contribution is 0.410. The number of rotatable bonds is 1. The smallest absolute Gasteiger partial charge is 0.335 e. The molecule has 0 saturated carbocycles. The van der Waals surface area contributed by atoms with Gasteiger partial charge in [0, 0.05) is 6.54 Å². The van der Waals surface area contributed by atoms with E-state index in [1.165, 1.54) is 4.68 Å². The third kappa shape index (κ3) is 1.12. The Balaban J connectivity index is 3.17. The third-order valence-electron chi connectivity index (χ3n) is 0.973.